The fourth-order valence-corrected chi connectivity index (χ4v) is 6.26. The summed E-state index contributed by atoms with van der Waals surface area (Å²) >= 11 is 12.5. The van der Waals surface area contributed by atoms with Crippen molar-refractivity contribution in [1.82, 2.24) is 10.2 Å². The van der Waals surface area contributed by atoms with E-state index in [1.807, 2.05) is 19.9 Å². The van der Waals surface area contributed by atoms with Crippen molar-refractivity contribution in [3.63, 3.8) is 0 Å². The van der Waals surface area contributed by atoms with Gasteiger partial charge in [-0.3, -0.25) is 13.9 Å². The first-order chi connectivity index (χ1) is 19.6. The smallest absolute Gasteiger partial charge is 0.264 e. The maximum atomic E-state index is 14.1. The fourth-order valence-electron chi connectivity index (χ4n) is 4.32. The van der Waals surface area contributed by atoms with E-state index in [1.54, 1.807) is 43.5 Å². The summed E-state index contributed by atoms with van der Waals surface area (Å²) in [4.78, 5) is 28.8. The number of nitrogens with zero attached hydrogens (tertiary/aromatic N) is 2. The number of sulfonamides is 1. The molecule has 0 aliphatic carbocycles. The van der Waals surface area contributed by atoms with E-state index in [9.17, 15) is 18.0 Å². The number of carbonyl (C=O) groups is 2. The Morgan fingerprint density at radius 3 is 2.24 bits per heavy atom. The molecule has 1 N–H and O–H groups in total. The predicted octanol–water partition coefficient (Wildman–Crippen LogP) is 5.92. The minimum Gasteiger partial charge on any atom is -0.497 e. The second kappa shape index (κ2) is 15.1. The molecule has 2 amide bonds. The molecule has 0 radical (unpaired) electrons. The number of benzene rings is 3. The molecular weight excluding hydrogens is 585 g/mol. The molecule has 0 bridgehead atoms. The molecule has 3 aromatic rings. The van der Waals surface area contributed by atoms with Gasteiger partial charge in [-0.15, -0.1) is 0 Å². The van der Waals surface area contributed by atoms with Crippen molar-refractivity contribution in [2.45, 2.75) is 50.6 Å². The molecular formula is C30H35Cl2N3O5S. The Kier molecular flexibility index (Phi) is 11.9. The molecule has 220 valence electrons. The van der Waals surface area contributed by atoms with Crippen molar-refractivity contribution in [3.05, 3.63) is 88.4 Å². The average Bonchev–Trinajstić information content (AvgIpc) is 2.95. The van der Waals surface area contributed by atoms with Crippen LogP contribution in [0.4, 0.5) is 5.69 Å². The number of rotatable bonds is 14. The molecule has 41 heavy (non-hydrogen) atoms. The second-order valence-corrected chi connectivity index (χ2v) is 12.1. The number of ether oxygens (including phenoxy) is 1. The predicted molar refractivity (Wildman–Crippen MR) is 163 cm³/mol. The highest BCUT2D eigenvalue weighted by molar-refractivity contribution is 7.92. The van der Waals surface area contributed by atoms with E-state index in [0.29, 0.717) is 18.7 Å². The minimum atomic E-state index is -4.22. The van der Waals surface area contributed by atoms with Crippen molar-refractivity contribution in [2.24, 2.45) is 0 Å². The monoisotopic (exact) mass is 619 g/mol. The molecule has 0 aliphatic heterocycles. The van der Waals surface area contributed by atoms with Crippen LogP contribution in [0.1, 0.15) is 38.7 Å². The third-order valence-corrected chi connectivity index (χ3v) is 8.67. The number of carbonyl (C=O) groups excluding carboxylic acids is 2. The zero-order valence-electron chi connectivity index (χ0n) is 23.3. The molecule has 3 rings (SSSR count). The number of methoxy groups -OCH3 is 1. The van der Waals surface area contributed by atoms with Gasteiger partial charge >= 0.3 is 0 Å². The van der Waals surface area contributed by atoms with Crippen LogP contribution in [0.3, 0.4) is 0 Å². The Morgan fingerprint density at radius 1 is 0.951 bits per heavy atom. The van der Waals surface area contributed by atoms with Crippen LogP contribution in [-0.4, -0.2) is 51.4 Å². The first-order valence-corrected chi connectivity index (χ1v) is 15.5. The number of hydrogen-bond acceptors (Lipinski definition) is 5. The number of unbranched alkanes of at least 4 members (excludes halogenated alkanes) is 1. The molecule has 0 aromatic heterocycles. The maximum Gasteiger partial charge on any atom is 0.264 e. The van der Waals surface area contributed by atoms with Gasteiger partial charge < -0.3 is 15.0 Å². The lowest BCUT2D eigenvalue weighted by Gasteiger charge is -2.33. The standard InChI is InChI=1S/C30H35Cl2N3O5S/c1-4-6-15-33-30(37)28(5-2)34(20-22-11-10-12-26(16-22)40-3)29(36)21-35(25-18-23(31)17-24(32)19-25)41(38,39)27-13-8-7-9-14-27/h7-14,16-19,28H,4-6,15,20-21H2,1-3H3,(H,33,37)/t28-/m1/s1. The molecule has 1 atom stereocenters. The Labute approximate surface area is 252 Å². The lowest BCUT2D eigenvalue weighted by molar-refractivity contribution is -0.140. The van der Waals surface area contributed by atoms with E-state index in [2.05, 4.69) is 5.32 Å². The van der Waals surface area contributed by atoms with Gasteiger partial charge in [-0.2, -0.15) is 0 Å². The van der Waals surface area contributed by atoms with Crippen molar-refractivity contribution in [2.75, 3.05) is 24.5 Å². The van der Waals surface area contributed by atoms with Gasteiger partial charge in [-0.1, -0.05) is 73.8 Å². The summed E-state index contributed by atoms with van der Waals surface area (Å²) in [6.07, 6.45) is 2.02. The maximum absolute atomic E-state index is 14.1. The molecule has 0 fully saturated rings. The summed E-state index contributed by atoms with van der Waals surface area (Å²) in [6.45, 7) is 3.78. The van der Waals surface area contributed by atoms with Gasteiger partial charge in [0.05, 0.1) is 17.7 Å². The van der Waals surface area contributed by atoms with Crippen LogP contribution >= 0.6 is 23.2 Å². The highest BCUT2D eigenvalue weighted by Crippen LogP contribution is 2.30. The van der Waals surface area contributed by atoms with Gasteiger partial charge in [-0.05, 0) is 60.9 Å². The van der Waals surface area contributed by atoms with Gasteiger partial charge in [0.2, 0.25) is 11.8 Å². The van der Waals surface area contributed by atoms with Crippen LogP contribution in [0.5, 0.6) is 5.75 Å². The number of halogens is 2. The zero-order valence-corrected chi connectivity index (χ0v) is 25.7. The topological polar surface area (TPSA) is 96.0 Å². The Bertz CT molecular complexity index is 1420. The van der Waals surface area contributed by atoms with Crippen molar-refractivity contribution in [3.8, 4) is 5.75 Å². The molecule has 11 heteroatoms. The van der Waals surface area contributed by atoms with E-state index in [0.717, 1.165) is 22.7 Å². The van der Waals surface area contributed by atoms with E-state index in [-0.39, 0.29) is 33.1 Å². The Balaban J connectivity index is 2.06. The first-order valence-electron chi connectivity index (χ1n) is 13.3. The SMILES string of the molecule is CCCCNC(=O)[C@@H](CC)N(Cc1cccc(OC)c1)C(=O)CN(c1cc(Cl)cc(Cl)c1)S(=O)(=O)c1ccccc1. The van der Waals surface area contributed by atoms with Crippen LogP contribution in [0.2, 0.25) is 10.0 Å². The van der Waals surface area contributed by atoms with E-state index >= 15 is 0 Å². The van der Waals surface area contributed by atoms with Gasteiger partial charge in [0, 0.05) is 23.1 Å². The van der Waals surface area contributed by atoms with Gasteiger partial charge in [0.15, 0.2) is 0 Å². The molecule has 0 aliphatic rings. The molecule has 8 nitrogen and oxygen atoms in total. The van der Waals surface area contributed by atoms with Gasteiger partial charge in [-0.25, -0.2) is 8.42 Å². The summed E-state index contributed by atoms with van der Waals surface area (Å²) in [5.74, 6) is -0.279. The molecule has 0 saturated carbocycles. The van der Waals surface area contributed by atoms with Crippen LogP contribution < -0.4 is 14.4 Å². The minimum absolute atomic E-state index is 0.00686. The molecule has 0 unspecified atom stereocenters. The third-order valence-electron chi connectivity index (χ3n) is 6.45. The normalized spacial score (nSPS) is 11.9. The highest BCUT2D eigenvalue weighted by atomic mass is 35.5. The van der Waals surface area contributed by atoms with Gasteiger partial charge in [0.1, 0.15) is 18.3 Å². The second-order valence-electron chi connectivity index (χ2n) is 9.39. The fraction of sp³-hybridized carbons (Fsp3) is 0.333. The molecule has 0 spiro atoms. The third kappa shape index (κ3) is 8.61. The molecule has 0 saturated heterocycles. The van der Waals surface area contributed by atoms with E-state index in [4.69, 9.17) is 27.9 Å². The summed E-state index contributed by atoms with van der Waals surface area (Å²) in [6, 6.07) is 18.5. The van der Waals surface area contributed by atoms with Crippen LogP contribution in [-0.2, 0) is 26.2 Å². The molecule has 0 heterocycles. The van der Waals surface area contributed by atoms with Crippen LogP contribution in [0.25, 0.3) is 0 Å². The van der Waals surface area contributed by atoms with E-state index in [1.165, 1.54) is 35.2 Å². The van der Waals surface area contributed by atoms with Crippen molar-refractivity contribution >= 4 is 50.7 Å². The Hall–Kier alpha value is -3.27. The first kappa shape index (κ1) is 32.2. The lowest BCUT2D eigenvalue weighted by Crippen LogP contribution is -2.52. The average molecular weight is 621 g/mol. The summed E-state index contributed by atoms with van der Waals surface area (Å²) in [7, 11) is -2.68. The van der Waals surface area contributed by atoms with Crippen LogP contribution in [0.15, 0.2) is 77.7 Å². The zero-order chi connectivity index (χ0) is 30.0. The lowest BCUT2D eigenvalue weighted by atomic mass is 10.1. The summed E-state index contributed by atoms with van der Waals surface area (Å²) < 4.78 is 34.1. The summed E-state index contributed by atoms with van der Waals surface area (Å²) in [5.41, 5.74) is 0.849. The van der Waals surface area contributed by atoms with E-state index < -0.39 is 28.5 Å². The number of anilines is 1. The Morgan fingerprint density at radius 2 is 1.63 bits per heavy atom. The number of hydrogen-bond donors (Lipinski definition) is 1. The van der Waals surface area contributed by atoms with Gasteiger partial charge in [0.25, 0.3) is 10.0 Å². The summed E-state index contributed by atoms with van der Waals surface area (Å²) in [5, 5.41) is 3.33. The molecule has 3 aromatic carbocycles. The largest absolute Gasteiger partial charge is 0.497 e. The highest BCUT2D eigenvalue weighted by Gasteiger charge is 2.34. The van der Waals surface area contributed by atoms with Crippen molar-refractivity contribution < 1.29 is 22.7 Å². The quantitative estimate of drug-likeness (QED) is 0.226. The van der Waals surface area contributed by atoms with Crippen molar-refractivity contribution in [1.29, 1.82) is 0 Å². The van der Waals surface area contributed by atoms with Crippen LogP contribution in [0, 0.1) is 0 Å². The number of nitrogens with one attached hydrogen (secondary N) is 1. The number of amides is 2.